The second-order valence-electron chi connectivity index (χ2n) is 5.13. The predicted molar refractivity (Wildman–Crippen MR) is 68.9 cm³/mol. The highest BCUT2D eigenvalue weighted by Crippen LogP contribution is 2.27. The molecule has 0 atom stereocenters. The molecular formula is C15H22. The van der Waals surface area contributed by atoms with E-state index < -0.39 is 0 Å². The van der Waals surface area contributed by atoms with E-state index in [9.17, 15) is 0 Å². The molecule has 82 valence electrons. The van der Waals surface area contributed by atoms with Crippen LogP contribution >= 0.6 is 0 Å². The maximum atomic E-state index is 2.32. The highest BCUT2D eigenvalue weighted by Gasteiger charge is 2.12. The van der Waals surface area contributed by atoms with E-state index in [0.717, 1.165) is 6.42 Å². The summed E-state index contributed by atoms with van der Waals surface area (Å²) in [6.07, 6.45) is 3.42. The van der Waals surface area contributed by atoms with Crippen LogP contribution in [0.25, 0.3) is 6.08 Å². The van der Waals surface area contributed by atoms with Crippen molar-refractivity contribution in [2.45, 2.75) is 41.0 Å². The van der Waals surface area contributed by atoms with Crippen LogP contribution in [-0.4, -0.2) is 0 Å². The van der Waals surface area contributed by atoms with Crippen molar-refractivity contribution in [3.05, 3.63) is 41.0 Å². The summed E-state index contributed by atoms with van der Waals surface area (Å²) in [5.41, 5.74) is 4.50. The average molecular weight is 202 g/mol. The number of benzene rings is 1. The van der Waals surface area contributed by atoms with Crippen LogP contribution in [0.4, 0.5) is 0 Å². The van der Waals surface area contributed by atoms with Gasteiger partial charge in [0.15, 0.2) is 0 Å². The van der Waals surface area contributed by atoms with Gasteiger partial charge in [0.25, 0.3) is 0 Å². The zero-order valence-electron chi connectivity index (χ0n) is 10.6. The zero-order chi connectivity index (χ0) is 11.5. The Balaban J connectivity index is 3.08. The van der Waals surface area contributed by atoms with E-state index in [1.807, 2.05) is 0 Å². The largest absolute Gasteiger partial charge is 0.0673 e. The standard InChI is InChI=1S/C15H22/c1-6-13-9-7-8-10-14(13)11-12(2)15(3,4)5/h7-11H,6H2,1-5H3/b12-11+. The number of hydrogen-bond acceptors (Lipinski definition) is 0. The first kappa shape index (κ1) is 12.0. The lowest BCUT2D eigenvalue weighted by molar-refractivity contribution is 0.508. The highest BCUT2D eigenvalue weighted by atomic mass is 14.2. The summed E-state index contributed by atoms with van der Waals surface area (Å²) in [4.78, 5) is 0. The minimum absolute atomic E-state index is 0.265. The molecule has 0 saturated carbocycles. The molecule has 0 amide bonds. The Morgan fingerprint density at radius 2 is 1.80 bits per heavy atom. The lowest BCUT2D eigenvalue weighted by Crippen LogP contribution is -2.06. The summed E-state index contributed by atoms with van der Waals surface area (Å²) in [5.74, 6) is 0. The van der Waals surface area contributed by atoms with Gasteiger partial charge in [0.05, 0.1) is 0 Å². The smallest absolute Gasteiger partial charge is 0.0172 e. The van der Waals surface area contributed by atoms with Gasteiger partial charge in [-0.3, -0.25) is 0 Å². The van der Waals surface area contributed by atoms with Gasteiger partial charge in [0, 0.05) is 0 Å². The molecule has 0 aliphatic carbocycles. The van der Waals surface area contributed by atoms with Crippen molar-refractivity contribution in [2.24, 2.45) is 5.41 Å². The molecule has 0 aliphatic heterocycles. The third kappa shape index (κ3) is 3.23. The number of aryl methyl sites for hydroxylation is 1. The van der Waals surface area contributed by atoms with Gasteiger partial charge in [-0.25, -0.2) is 0 Å². The summed E-state index contributed by atoms with van der Waals surface area (Å²) in [5, 5.41) is 0. The van der Waals surface area contributed by atoms with Crippen LogP contribution in [0.15, 0.2) is 29.8 Å². The lowest BCUT2D eigenvalue weighted by Gasteiger charge is -2.20. The third-order valence-electron chi connectivity index (χ3n) is 2.99. The fourth-order valence-corrected chi connectivity index (χ4v) is 1.45. The van der Waals surface area contributed by atoms with Crippen LogP contribution in [0.2, 0.25) is 0 Å². The molecule has 0 nitrogen and oxygen atoms in total. The number of hydrogen-bond donors (Lipinski definition) is 0. The van der Waals surface area contributed by atoms with E-state index in [1.165, 1.54) is 16.7 Å². The van der Waals surface area contributed by atoms with Gasteiger partial charge in [0.2, 0.25) is 0 Å². The van der Waals surface area contributed by atoms with Gasteiger partial charge in [-0.1, -0.05) is 63.6 Å². The Morgan fingerprint density at radius 3 is 2.33 bits per heavy atom. The summed E-state index contributed by atoms with van der Waals surface area (Å²) in [6, 6.07) is 8.64. The molecular weight excluding hydrogens is 180 g/mol. The van der Waals surface area contributed by atoms with Crippen molar-refractivity contribution in [2.75, 3.05) is 0 Å². The summed E-state index contributed by atoms with van der Waals surface area (Å²) in [7, 11) is 0. The van der Waals surface area contributed by atoms with E-state index in [-0.39, 0.29) is 5.41 Å². The fraction of sp³-hybridized carbons (Fsp3) is 0.467. The Labute approximate surface area is 94.0 Å². The molecule has 0 radical (unpaired) electrons. The van der Waals surface area contributed by atoms with Crippen molar-refractivity contribution in [3.63, 3.8) is 0 Å². The molecule has 0 spiro atoms. The van der Waals surface area contributed by atoms with Crippen molar-refractivity contribution >= 4 is 6.08 Å². The molecule has 0 heteroatoms. The maximum absolute atomic E-state index is 2.32. The Hall–Kier alpha value is -1.04. The monoisotopic (exact) mass is 202 g/mol. The van der Waals surface area contributed by atoms with Crippen molar-refractivity contribution in [3.8, 4) is 0 Å². The maximum Gasteiger partial charge on any atom is -0.0172 e. The lowest BCUT2D eigenvalue weighted by atomic mass is 9.86. The van der Waals surface area contributed by atoms with E-state index in [1.54, 1.807) is 0 Å². The van der Waals surface area contributed by atoms with E-state index in [2.05, 4.69) is 65.0 Å². The fourth-order valence-electron chi connectivity index (χ4n) is 1.45. The zero-order valence-corrected chi connectivity index (χ0v) is 10.6. The quantitative estimate of drug-likeness (QED) is 0.652. The van der Waals surface area contributed by atoms with Crippen LogP contribution in [0.5, 0.6) is 0 Å². The first-order chi connectivity index (χ1) is 6.95. The molecule has 0 bridgehead atoms. The summed E-state index contributed by atoms with van der Waals surface area (Å²) >= 11 is 0. The predicted octanol–water partition coefficient (Wildman–Crippen LogP) is 4.70. The first-order valence-corrected chi connectivity index (χ1v) is 5.72. The van der Waals surface area contributed by atoms with Crippen LogP contribution in [0.3, 0.4) is 0 Å². The van der Waals surface area contributed by atoms with Gasteiger partial charge in [-0.2, -0.15) is 0 Å². The number of allylic oxidation sites excluding steroid dienone is 1. The molecule has 15 heavy (non-hydrogen) atoms. The van der Waals surface area contributed by atoms with E-state index >= 15 is 0 Å². The molecule has 0 fully saturated rings. The molecule has 0 saturated heterocycles. The van der Waals surface area contributed by atoms with Crippen LogP contribution in [0.1, 0.15) is 45.7 Å². The SMILES string of the molecule is CCc1ccccc1/C=C(\C)C(C)(C)C. The second kappa shape index (κ2) is 4.65. The average Bonchev–Trinajstić information content (AvgIpc) is 2.17. The van der Waals surface area contributed by atoms with Gasteiger partial charge in [-0.05, 0) is 29.9 Å². The van der Waals surface area contributed by atoms with Crippen LogP contribution in [0, 0.1) is 5.41 Å². The van der Waals surface area contributed by atoms with Crippen LogP contribution < -0.4 is 0 Å². The summed E-state index contributed by atoms with van der Waals surface area (Å²) in [6.45, 7) is 11.2. The Morgan fingerprint density at radius 1 is 1.20 bits per heavy atom. The topological polar surface area (TPSA) is 0 Å². The third-order valence-corrected chi connectivity index (χ3v) is 2.99. The van der Waals surface area contributed by atoms with Gasteiger partial charge >= 0.3 is 0 Å². The van der Waals surface area contributed by atoms with E-state index in [4.69, 9.17) is 0 Å². The van der Waals surface area contributed by atoms with Crippen molar-refractivity contribution in [1.82, 2.24) is 0 Å². The van der Waals surface area contributed by atoms with E-state index in [0.29, 0.717) is 0 Å². The minimum Gasteiger partial charge on any atom is -0.0673 e. The first-order valence-electron chi connectivity index (χ1n) is 5.72. The van der Waals surface area contributed by atoms with Crippen molar-refractivity contribution < 1.29 is 0 Å². The molecule has 0 aromatic heterocycles. The number of rotatable bonds is 2. The molecule has 1 aromatic carbocycles. The molecule has 0 heterocycles. The van der Waals surface area contributed by atoms with Gasteiger partial charge in [0.1, 0.15) is 0 Å². The normalized spacial score (nSPS) is 13.0. The molecule has 0 unspecified atom stereocenters. The molecule has 0 N–H and O–H groups in total. The molecule has 1 aromatic rings. The minimum atomic E-state index is 0.265. The molecule has 1 rings (SSSR count). The highest BCUT2D eigenvalue weighted by molar-refractivity contribution is 5.57. The van der Waals surface area contributed by atoms with Crippen molar-refractivity contribution in [1.29, 1.82) is 0 Å². The Kier molecular flexibility index (Phi) is 3.73. The second-order valence-corrected chi connectivity index (χ2v) is 5.13. The summed E-state index contributed by atoms with van der Waals surface area (Å²) < 4.78 is 0. The molecule has 0 aliphatic rings. The van der Waals surface area contributed by atoms with Crippen LogP contribution in [-0.2, 0) is 6.42 Å². The Bertz CT molecular complexity index is 351. The van der Waals surface area contributed by atoms with Gasteiger partial charge in [-0.15, -0.1) is 0 Å². The van der Waals surface area contributed by atoms with Gasteiger partial charge < -0.3 is 0 Å².